The van der Waals surface area contributed by atoms with E-state index in [-0.39, 0.29) is 5.69 Å². The maximum Gasteiger partial charge on any atom is 0.416 e. The quantitative estimate of drug-likeness (QED) is 0.363. The molecule has 0 bridgehead atoms. The van der Waals surface area contributed by atoms with E-state index in [4.69, 9.17) is 9.72 Å². The third-order valence-corrected chi connectivity index (χ3v) is 5.24. The van der Waals surface area contributed by atoms with Crippen LogP contribution in [-0.4, -0.2) is 26.6 Å². The van der Waals surface area contributed by atoms with Crippen LogP contribution in [0, 0.1) is 0 Å². The molecule has 0 aliphatic rings. The number of pyridine rings is 4. The first-order valence-corrected chi connectivity index (χ1v) is 9.84. The summed E-state index contributed by atoms with van der Waals surface area (Å²) in [5.74, 6) is 0.548. The van der Waals surface area contributed by atoms with Crippen molar-refractivity contribution in [2.75, 3.05) is 7.11 Å². The highest BCUT2D eigenvalue weighted by Crippen LogP contribution is 2.32. The molecule has 0 unspecified atom stereocenters. The normalized spacial score (nSPS) is 11.8. The number of hydrogen-bond acceptors (Lipinski definition) is 5. The summed E-state index contributed by atoms with van der Waals surface area (Å²) in [6.45, 7) is 0. The summed E-state index contributed by atoms with van der Waals surface area (Å²) < 4.78 is 46.4. The van der Waals surface area contributed by atoms with Gasteiger partial charge in [0.2, 0.25) is 0 Å². The van der Waals surface area contributed by atoms with Crippen LogP contribution in [0.15, 0.2) is 78.0 Å². The summed E-state index contributed by atoms with van der Waals surface area (Å²) in [5.41, 5.74) is 1.22. The Morgan fingerprint density at radius 2 is 1.82 bits per heavy atom. The molecule has 6 nitrogen and oxygen atoms in total. The fraction of sp³-hybridized carbons (Fsp3) is 0.0833. The second kappa shape index (κ2) is 7.70. The molecule has 0 atom stereocenters. The minimum Gasteiger partial charge on any atom is -0.495 e. The number of hydrogen-bond donors (Lipinski definition) is 0. The third kappa shape index (κ3) is 3.67. The molecular formula is C24H15F3N4O2. The zero-order chi connectivity index (χ0) is 23.2. The van der Waals surface area contributed by atoms with Crippen molar-refractivity contribution in [2.24, 2.45) is 0 Å². The van der Waals surface area contributed by atoms with Crippen LogP contribution in [-0.2, 0) is 6.18 Å². The molecule has 0 spiro atoms. The Morgan fingerprint density at radius 1 is 0.970 bits per heavy atom. The molecule has 4 aromatic heterocycles. The molecule has 0 aliphatic carbocycles. The number of fused-ring (bicyclic) bond motifs is 3. The van der Waals surface area contributed by atoms with Crippen LogP contribution in [0.5, 0.6) is 5.75 Å². The van der Waals surface area contributed by atoms with E-state index in [1.54, 1.807) is 42.9 Å². The number of rotatable bonds is 3. The van der Waals surface area contributed by atoms with Crippen LogP contribution >= 0.6 is 0 Å². The summed E-state index contributed by atoms with van der Waals surface area (Å²) in [7, 11) is 1.53. The molecule has 4 heterocycles. The van der Waals surface area contributed by atoms with Crippen molar-refractivity contribution in [3.05, 3.63) is 89.1 Å². The lowest BCUT2D eigenvalue weighted by Gasteiger charge is -2.14. The average molecular weight is 448 g/mol. The maximum atomic E-state index is 13.3. The third-order valence-electron chi connectivity index (χ3n) is 5.24. The van der Waals surface area contributed by atoms with E-state index in [1.165, 1.54) is 29.9 Å². The second-order valence-electron chi connectivity index (χ2n) is 7.29. The Labute approximate surface area is 184 Å². The Hall–Kier alpha value is -4.27. The summed E-state index contributed by atoms with van der Waals surface area (Å²) in [6.07, 6.45) is 0.205. The lowest BCUT2D eigenvalue weighted by molar-refractivity contribution is -0.137. The highest BCUT2D eigenvalue weighted by Gasteiger charge is 2.30. The van der Waals surface area contributed by atoms with Crippen LogP contribution in [0.4, 0.5) is 13.2 Å². The molecule has 0 saturated heterocycles. The van der Waals surface area contributed by atoms with Crippen LogP contribution in [0.3, 0.4) is 0 Å². The number of aromatic nitrogens is 4. The molecule has 5 aromatic rings. The smallest absolute Gasteiger partial charge is 0.416 e. The lowest BCUT2D eigenvalue weighted by atomic mass is 10.1. The van der Waals surface area contributed by atoms with E-state index in [0.29, 0.717) is 38.9 Å². The Morgan fingerprint density at radius 3 is 2.61 bits per heavy atom. The average Bonchev–Trinajstić information content (AvgIpc) is 2.83. The van der Waals surface area contributed by atoms with Gasteiger partial charge < -0.3 is 4.74 Å². The van der Waals surface area contributed by atoms with Gasteiger partial charge >= 0.3 is 6.18 Å². The summed E-state index contributed by atoms with van der Waals surface area (Å²) in [6, 6.07) is 12.8. The van der Waals surface area contributed by atoms with Gasteiger partial charge in [0.1, 0.15) is 11.3 Å². The molecule has 0 N–H and O–H groups in total. The largest absolute Gasteiger partial charge is 0.495 e. The van der Waals surface area contributed by atoms with Crippen LogP contribution in [0.1, 0.15) is 5.56 Å². The SMILES string of the molecule is COc1cncc(-c2ccc3ncc4ccc(=O)n(-c5cccc(C(F)(F)F)c5)c4c3n2)c1. The molecule has 0 amide bonds. The zero-order valence-electron chi connectivity index (χ0n) is 17.2. The van der Waals surface area contributed by atoms with E-state index in [0.717, 1.165) is 12.1 Å². The Balaban J connectivity index is 1.83. The van der Waals surface area contributed by atoms with E-state index in [2.05, 4.69) is 9.97 Å². The van der Waals surface area contributed by atoms with Crippen LogP contribution in [0.2, 0.25) is 0 Å². The summed E-state index contributed by atoms with van der Waals surface area (Å²) >= 11 is 0. The van der Waals surface area contributed by atoms with E-state index >= 15 is 0 Å². The lowest BCUT2D eigenvalue weighted by Crippen LogP contribution is -2.18. The van der Waals surface area contributed by atoms with Gasteiger partial charge in [-0.05, 0) is 42.5 Å². The first-order chi connectivity index (χ1) is 15.8. The van der Waals surface area contributed by atoms with Crippen LogP contribution in [0.25, 0.3) is 38.9 Å². The first kappa shape index (κ1) is 20.6. The topological polar surface area (TPSA) is 69.9 Å². The molecule has 0 aliphatic heterocycles. The van der Waals surface area contributed by atoms with Gasteiger partial charge in [-0.15, -0.1) is 0 Å². The fourth-order valence-corrected chi connectivity index (χ4v) is 3.68. The standard InChI is InChI=1S/C24H15F3N4O2/c1-33-18-9-15(11-28-13-18)19-6-7-20-22(30-19)23-14(12-29-20)5-8-21(32)31(23)17-4-2-3-16(10-17)24(25,26)27/h2-13H,1H3. The van der Waals surface area contributed by atoms with Gasteiger partial charge in [-0.3, -0.25) is 19.3 Å². The minimum atomic E-state index is -4.54. The summed E-state index contributed by atoms with van der Waals surface area (Å²) in [4.78, 5) is 26.1. The molecular weight excluding hydrogens is 433 g/mol. The monoisotopic (exact) mass is 448 g/mol. The highest BCUT2D eigenvalue weighted by atomic mass is 19.4. The number of benzene rings is 1. The molecule has 5 rings (SSSR count). The number of halogens is 3. The molecule has 0 saturated carbocycles. The van der Waals surface area contributed by atoms with E-state index in [9.17, 15) is 18.0 Å². The Kier molecular flexibility index (Phi) is 4.81. The number of ether oxygens (including phenoxy) is 1. The van der Waals surface area contributed by atoms with Crippen molar-refractivity contribution in [1.82, 2.24) is 19.5 Å². The highest BCUT2D eigenvalue weighted by molar-refractivity contribution is 6.02. The fourth-order valence-electron chi connectivity index (χ4n) is 3.68. The van der Waals surface area contributed by atoms with Gasteiger partial charge in [-0.1, -0.05) is 6.07 Å². The minimum absolute atomic E-state index is 0.0863. The molecule has 33 heavy (non-hydrogen) atoms. The van der Waals surface area contributed by atoms with Crippen molar-refractivity contribution in [3.63, 3.8) is 0 Å². The summed E-state index contributed by atoms with van der Waals surface area (Å²) in [5, 5.41) is 0.563. The molecule has 9 heteroatoms. The van der Waals surface area contributed by atoms with Crippen molar-refractivity contribution in [1.29, 1.82) is 0 Å². The molecule has 0 radical (unpaired) electrons. The Bertz CT molecular complexity index is 1580. The van der Waals surface area contributed by atoms with Crippen LogP contribution < -0.4 is 10.3 Å². The van der Waals surface area contributed by atoms with Gasteiger partial charge in [0, 0.05) is 35.1 Å². The molecule has 164 valence electrons. The van der Waals surface area contributed by atoms with Gasteiger partial charge in [0.05, 0.1) is 35.6 Å². The van der Waals surface area contributed by atoms with Gasteiger partial charge in [-0.25, -0.2) is 4.98 Å². The molecule has 1 aromatic carbocycles. The van der Waals surface area contributed by atoms with Gasteiger partial charge in [0.25, 0.3) is 5.56 Å². The van der Waals surface area contributed by atoms with E-state index < -0.39 is 17.3 Å². The molecule has 0 fully saturated rings. The predicted molar refractivity (Wildman–Crippen MR) is 117 cm³/mol. The number of methoxy groups -OCH3 is 1. The van der Waals surface area contributed by atoms with Gasteiger partial charge in [0.15, 0.2) is 0 Å². The first-order valence-electron chi connectivity index (χ1n) is 9.84. The maximum absolute atomic E-state index is 13.3. The van der Waals surface area contributed by atoms with E-state index in [1.807, 2.05) is 0 Å². The predicted octanol–water partition coefficient (Wildman–Crippen LogP) is 5.02. The van der Waals surface area contributed by atoms with Gasteiger partial charge in [-0.2, -0.15) is 13.2 Å². The van der Waals surface area contributed by atoms with Crippen molar-refractivity contribution in [3.8, 4) is 22.7 Å². The zero-order valence-corrected chi connectivity index (χ0v) is 17.2. The van der Waals surface area contributed by atoms with Crippen molar-refractivity contribution < 1.29 is 17.9 Å². The second-order valence-corrected chi connectivity index (χ2v) is 7.29. The van der Waals surface area contributed by atoms with Crippen molar-refractivity contribution >= 4 is 21.9 Å². The number of alkyl halides is 3. The number of nitrogens with zero attached hydrogens (tertiary/aromatic N) is 4. The van der Waals surface area contributed by atoms with Crippen molar-refractivity contribution in [2.45, 2.75) is 6.18 Å².